The highest BCUT2D eigenvalue weighted by atomic mass is 35.5. The molecule has 0 saturated heterocycles. The number of nitrogens with one attached hydrogen (secondary N) is 2. The lowest BCUT2D eigenvalue weighted by molar-refractivity contribution is -0.115. The number of carbonyl (C=O) groups excluding carboxylic acids is 1. The third kappa shape index (κ3) is 6.49. The van der Waals surface area contributed by atoms with Crippen LogP contribution in [0.5, 0.6) is 0 Å². The lowest BCUT2D eigenvalue weighted by Crippen LogP contribution is -2.15. The van der Waals surface area contributed by atoms with Crippen molar-refractivity contribution in [3.8, 4) is 11.3 Å². The largest absolute Gasteiger partial charge is 0.362 e. The number of carbonyl (C=O) groups is 1. The fraction of sp³-hybridized carbons (Fsp3) is 0.207. The molecule has 0 aliphatic carbocycles. The van der Waals surface area contributed by atoms with Crippen LogP contribution in [0.2, 0.25) is 5.02 Å². The number of hydrogen-bond acceptors (Lipinski definition) is 4. The number of hydrogen-bond donors (Lipinski definition) is 2. The maximum atomic E-state index is 13.8. The molecule has 4 aromatic rings. The van der Waals surface area contributed by atoms with E-state index >= 15 is 0 Å². The second kappa shape index (κ2) is 11.5. The molecule has 1 amide bonds. The molecule has 0 spiro atoms. The van der Waals surface area contributed by atoms with E-state index in [-0.39, 0.29) is 30.4 Å². The van der Waals surface area contributed by atoms with Crippen LogP contribution in [0.4, 0.5) is 20.3 Å². The van der Waals surface area contributed by atoms with E-state index < -0.39 is 5.92 Å². The van der Waals surface area contributed by atoms with E-state index in [0.29, 0.717) is 27.8 Å². The number of halogens is 3. The van der Waals surface area contributed by atoms with Crippen molar-refractivity contribution in [3.63, 3.8) is 0 Å². The smallest absolute Gasteiger partial charge is 0.273 e. The van der Waals surface area contributed by atoms with Gasteiger partial charge in [0.2, 0.25) is 5.91 Å². The van der Waals surface area contributed by atoms with Crippen molar-refractivity contribution in [2.24, 2.45) is 0 Å². The molecule has 5 nitrogen and oxygen atoms in total. The number of rotatable bonds is 9. The van der Waals surface area contributed by atoms with Gasteiger partial charge in [0.05, 0.1) is 12.5 Å². The first-order chi connectivity index (χ1) is 17.8. The molecule has 0 bridgehead atoms. The summed E-state index contributed by atoms with van der Waals surface area (Å²) in [6.07, 6.45) is 3.06. The summed E-state index contributed by atoms with van der Waals surface area (Å²) in [6, 6.07) is 20.7. The summed E-state index contributed by atoms with van der Waals surface area (Å²) in [7, 11) is 0. The van der Waals surface area contributed by atoms with Crippen molar-refractivity contribution in [3.05, 3.63) is 107 Å². The van der Waals surface area contributed by atoms with Crippen LogP contribution in [-0.2, 0) is 17.1 Å². The Kier molecular flexibility index (Phi) is 8.14. The summed E-state index contributed by atoms with van der Waals surface area (Å²) >= 11 is 6.34. The fourth-order valence-electron chi connectivity index (χ4n) is 3.94. The minimum atomic E-state index is -2.87. The predicted molar refractivity (Wildman–Crippen MR) is 144 cm³/mol. The number of alkyl halides is 2. The SMILES string of the molecule is CCC(F)(F)c1ccc(CC(=O)Nc2ccc(-c3nccnc3N[C@@H](C)c3ccccc3Cl)cc2)cc1. The fourth-order valence-corrected chi connectivity index (χ4v) is 4.24. The molecule has 0 radical (unpaired) electrons. The maximum Gasteiger partial charge on any atom is 0.273 e. The van der Waals surface area contributed by atoms with Crippen LogP contribution >= 0.6 is 11.6 Å². The zero-order chi connectivity index (χ0) is 26.4. The number of nitrogens with zero attached hydrogens (tertiary/aromatic N) is 2. The molecule has 1 atom stereocenters. The molecule has 1 aromatic heterocycles. The van der Waals surface area contributed by atoms with Gasteiger partial charge < -0.3 is 10.6 Å². The Hall–Kier alpha value is -3.84. The second-order valence-electron chi connectivity index (χ2n) is 8.70. The second-order valence-corrected chi connectivity index (χ2v) is 9.11. The molecule has 8 heteroatoms. The first-order valence-electron chi connectivity index (χ1n) is 12.0. The van der Waals surface area contributed by atoms with Gasteiger partial charge in [-0.25, -0.2) is 13.8 Å². The minimum Gasteiger partial charge on any atom is -0.362 e. The van der Waals surface area contributed by atoms with Crippen molar-refractivity contribution in [2.75, 3.05) is 10.6 Å². The van der Waals surface area contributed by atoms with Crippen LogP contribution in [-0.4, -0.2) is 15.9 Å². The van der Waals surface area contributed by atoms with Gasteiger partial charge in [0.1, 0.15) is 5.69 Å². The number of benzene rings is 3. The van der Waals surface area contributed by atoms with Crippen LogP contribution in [0.15, 0.2) is 85.2 Å². The van der Waals surface area contributed by atoms with E-state index in [1.165, 1.54) is 19.1 Å². The molecule has 37 heavy (non-hydrogen) atoms. The number of aromatic nitrogens is 2. The maximum absolute atomic E-state index is 13.8. The Balaban J connectivity index is 1.42. The highest BCUT2D eigenvalue weighted by Gasteiger charge is 2.28. The van der Waals surface area contributed by atoms with E-state index in [4.69, 9.17) is 11.6 Å². The number of amides is 1. The van der Waals surface area contributed by atoms with Crippen LogP contribution in [0.3, 0.4) is 0 Å². The van der Waals surface area contributed by atoms with Gasteiger partial charge in [0, 0.05) is 40.7 Å². The van der Waals surface area contributed by atoms with Gasteiger partial charge >= 0.3 is 0 Å². The average molecular weight is 521 g/mol. The molecule has 1 heterocycles. The van der Waals surface area contributed by atoms with Crippen LogP contribution in [0.25, 0.3) is 11.3 Å². The van der Waals surface area contributed by atoms with Gasteiger partial charge in [-0.3, -0.25) is 9.78 Å². The third-order valence-corrected chi connectivity index (χ3v) is 6.39. The van der Waals surface area contributed by atoms with Crippen molar-refractivity contribution in [1.82, 2.24) is 9.97 Å². The monoisotopic (exact) mass is 520 g/mol. The average Bonchev–Trinajstić information content (AvgIpc) is 2.90. The lowest BCUT2D eigenvalue weighted by atomic mass is 10.0. The van der Waals surface area contributed by atoms with Crippen molar-refractivity contribution in [2.45, 2.75) is 38.7 Å². The molecular formula is C29H27ClF2N4O. The summed E-state index contributed by atoms with van der Waals surface area (Å²) < 4.78 is 27.6. The Bertz CT molecular complexity index is 1360. The van der Waals surface area contributed by atoms with Gasteiger partial charge in [-0.15, -0.1) is 0 Å². The van der Waals surface area contributed by atoms with E-state index in [1.807, 2.05) is 43.3 Å². The van der Waals surface area contributed by atoms with Gasteiger partial charge in [0.25, 0.3) is 5.92 Å². The zero-order valence-corrected chi connectivity index (χ0v) is 21.3. The van der Waals surface area contributed by atoms with Gasteiger partial charge in [-0.2, -0.15) is 0 Å². The molecule has 190 valence electrons. The molecule has 3 aromatic carbocycles. The van der Waals surface area contributed by atoms with E-state index in [0.717, 1.165) is 11.1 Å². The van der Waals surface area contributed by atoms with E-state index in [2.05, 4.69) is 20.6 Å². The molecule has 4 rings (SSSR count). The van der Waals surface area contributed by atoms with Crippen LogP contribution < -0.4 is 10.6 Å². The molecule has 0 unspecified atom stereocenters. The standard InChI is InChI=1S/C29H27ClF2N4O/c1-3-29(31,32)22-12-8-20(9-13-22)18-26(37)36-23-14-10-21(11-15-23)27-28(34-17-16-33-27)35-19(2)24-6-4-5-7-25(24)30/h4-17,19H,3,18H2,1-2H3,(H,34,35)(H,36,37)/t19-/m0/s1. The third-order valence-electron chi connectivity index (χ3n) is 6.05. The van der Waals surface area contributed by atoms with Crippen LogP contribution in [0.1, 0.15) is 43.0 Å². The molecular weight excluding hydrogens is 494 g/mol. The zero-order valence-electron chi connectivity index (χ0n) is 20.5. The van der Waals surface area contributed by atoms with Gasteiger partial charge in [-0.1, -0.05) is 73.1 Å². The predicted octanol–water partition coefficient (Wildman–Crippen LogP) is 7.65. The van der Waals surface area contributed by atoms with Crippen molar-refractivity contribution >= 4 is 29.0 Å². The quantitative estimate of drug-likeness (QED) is 0.238. The lowest BCUT2D eigenvalue weighted by Gasteiger charge is -2.18. The Morgan fingerprint density at radius 1 is 0.973 bits per heavy atom. The Morgan fingerprint density at radius 2 is 1.65 bits per heavy atom. The van der Waals surface area contributed by atoms with Crippen molar-refractivity contribution in [1.29, 1.82) is 0 Å². The van der Waals surface area contributed by atoms with Gasteiger partial charge in [-0.05, 0) is 36.2 Å². The first kappa shape index (κ1) is 26.2. The first-order valence-corrected chi connectivity index (χ1v) is 12.3. The van der Waals surface area contributed by atoms with Crippen molar-refractivity contribution < 1.29 is 13.6 Å². The topological polar surface area (TPSA) is 66.9 Å². The molecule has 2 N–H and O–H groups in total. The summed E-state index contributed by atoms with van der Waals surface area (Å²) in [5.41, 5.74) is 3.68. The molecule has 0 aliphatic heterocycles. The minimum absolute atomic E-state index is 0.0473. The van der Waals surface area contributed by atoms with E-state index in [9.17, 15) is 13.6 Å². The normalized spacial score (nSPS) is 12.1. The summed E-state index contributed by atoms with van der Waals surface area (Å²) in [5.74, 6) is -2.49. The van der Waals surface area contributed by atoms with E-state index in [1.54, 1.807) is 36.7 Å². The highest BCUT2D eigenvalue weighted by Crippen LogP contribution is 2.32. The molecule has 0 aliphatic rings. The highest BCUT2D eigenvalue weighted by molar-refractivity contribution is 6.31. The van der Waals surface area contributed by atoms with Crippen LogP contribution in [0, 0.1) is 0 Å². The number of anilines is 2. The van der Waals surface area contributed by atoms with Gasteiger partial charge in [0.15, 0.2) is 5.82 Å². The Labute approximate surface area is 219 Å². The molecule has 0 fully saturated rings. The summed E-state index contributed by atoms with van der Waals surface area (Å²) in [6.45, 7) is 3.44. The molecule has 0 saturated carbocycles. The summed E-state index contributed by atoms with van der Waals surface area (Å²) in [5, 5.41) is 6.90. The summed E-state index contributed by atoms with van der Waals surface area (Å²) in [4.78, 5) is 21.5. The Morgan fingerprint density at radius 3 is 2.32 bits per heavy atom.